The molecule has 164 valence electrons. The van der Waals surface area contributed by atoms with Crippen molar-refractivity contribution in [3.8, 4) is 5.88 Å². The smallest absolute Gasteiger partial charge is 0.213 e. The number of nitrogens with one attached hydrogen (secondary N) is 2. The molecule has 1 saturated carbocycles. The van der Waals surface area contributed by atoms with Crippen molar-refractivity contribution in [3.05, 3.63) is 59.8 Å². The van der Waals surface area contributed by atoms with Crippen molar-refractivity contribution in [1.29, 1.82) is 0 Å². The van der Waals surface area contributed by atoms with E-state index >= 15 is 0 Å². The van der Waals surface area contributed by atoms with E-state index in [-0.39, 0.29) is 36.5 Å². The van der Waals surface area contributed by atoms with Crippen molar-refractivity contribution in [1.82, 2.24) is 15.6 Å². The number of aliphatic hydroxyl groups is 1. The molecule has 1 aliphatic rings. The predicted molar refractivity (Wildman–Crippen MR) is 132 cm³/mol. The number of ether oxygens (including phenoxy) is 1. The molecule has 1 aromatic carbocycles. The Labute approximate surface area is 196 Å². The third-order valence-corrected chi connectivity index (χ3v) is 5.16. The molecule has 0 bridgehead atoms. The lowest BCUT2D eigenvalue weighted by Gasteiger charge is -2.18. The largest absolute Gasteiger partial charge is 0.474 e. The topological polar surface area (TPSA) is 78.8 Å². The SMILES string of the molecule is CCNC(=NCc1ccnc(OC2CCCC2)c1)NCC(CO)c1ccccc1.I. The zero-order valence-corrected chi connectivity index (χ0v) is 19.9. The fraction of sp³-hybridized carbons (Fsp3) is 0.478. The fourth-order valence-corrected chi connectivity index (χ4v) is 3.54. The molecule has 30 heavy (non-hydrogen) atoms. The van der Waals surface area contributed by atoms with Gasteiger partial charge in [-0.3, -0.25) is 0 Å². The Morgan fingerprint density at radius 2 is 1.97 bits per heavy atom. The summed E-state index contributed by atoms with van der Waals surface area (Å²) in [6, 6.07) is 14.0. The Morgan fingerprint density at radius 1 is 1.20 bits per heavy atom. The van der Waals surface area contributed by atoms with Crippen LogP contribution in [0.15, 0.2) is 53.7 Å². The maximum Gasteiger partial charge on any atom is 0.213 e. The summed E-state index contributed by atoms with van der Waals surface area (Å²) < 4.78 is 5.99. The molecule has 0 spiro atoms. The van der Waals surface area contributed by atoms with Crippen LogP contribution in [0.4, 0.5) is 0 Å². The predicted octanol–water partition coefficient (Wildman–Crippen LogP) is 3.85. The van der Waals surface area contributed by atoms with Crippen LogP contribution in [-0.4, -0.2) is 41.9 Å². The average molecular weight is 524 g/mol. The van der Waals surface area contributed by atoms with Crippen LogP contribution >= 0.6 is 24.0 Å². The molecule has 1 fully saturated rings. The maximum absolute atomic E-state index is 9.76. The van der Waals surface area contributed by atoms with Crippen LogP contribution in [0.1, 0.15) is 49.7 Å². The molecular formula is C23H33IN4O2. The van der Waals surface area contributed by atoms with E-state index in [1.54, 1.807) is 6.20 Å². The Hall–Kier alpha value is -1.87. The summed E-state index contributed by atoms with van der Waals surface area (Å²) in [4.78, 5) is 9.03. The number of hydrogen-bond donors (Lipinski definition) is 3. The van der Waals surface area contributed by atoms with Gasteiger partial charge in [0.15, 0.2) is 5.96 Å². The highest BCUT2D eigenvalue weighted by atomic mass is 127. The van der Waals surface area contributed by atoms with Gasteiger partial charge in [0.25, 0.3) is 0 Å². The average Bonchev–Trinajstić information content (AvgIpc) is 3.26. The Balaban J connectivity index is 0.00000320. The van der Waals surface area contributed by atoms with Crippen LogP contribution < -0.4 is 15.4 Å². The molecule has 0 aliphatic heterocycles. The third-order valence-electron chi connectivity index (χ3n) is 5.16. The monoisotopic (exact) mass is 524 g/mol. The summed E-state index contributed by atoms with van der Waals surface area (Å²) in [5.41, 5.74) is 2.17. The normalized spacial score (nSPS) is 15.3. The van der Waals surface area contributed by atoms with Crippen LogP contribution in [0.25, 0.3) is 0 Å². The van der Waals surface area contributed by atoms with Gasteiger partial charge in [0, 0.05) is 31.3 Å². The van der Waals surface area contributed by atoms with E-state index in [2.05, 4.69) is 20.6 Å². The number of halogens is 1. The van der Waals surface area contributed by atoms with Gasteiger partial charge in [-0.2, -0.15) is 0 Å². The molecular weight excluding hydrogens is 491 g/mol. The van der Waals surface area contributed by atoms with Gasteiger partial charge in [-0.05, 0) is 49.8 Å². The second-order valence-electron chi connectivity index (χ2n) is 7.39. The minimum absolute atomic E-state index is 0. The van der Waals surface area contributed by atoms with E-state index < -0.39 is 0 Å². The fourth-order valence-electron chi connectivity index (χ4n) is 3.54. The van der Waals surface area contributed by atoms with E-state index in [1.165, 1.54) is 12.8 Å². The van der Waals surface area contributed by atoms with Gasteiger partial charge < -0.3 is 20.5 Å². The zero-order chi connectivity index (χ0) is 20.3. The molecule has 7 heteroatoms. The lowest BCUT2D eigenvalue weighted by Crippen LogP contribution is -2.39. The first-order valence-electron chi connectivity index (χ1n) is 10.6. The van der Waals surface area contributed by atoms with Gasteiger partial charge in [-0.1, -0.05) is 30.3 Å². The lowest BCUT2D eigenvalue weighted by molar-refractivity contribution is 0.201. The Kier molecular flexibility index (Phi) is 10.9. The summed E-state index contributed by atoms with van der Waals surface area (Å²) in [7, 11) is 0. The molecule has 2 aromatic rings. The molecule has 3 rings (SSSR count). The maximum atomic E-state index is 9.76. The summed E-state index contributed by atoms with van der Waals surface area (Å²) in [6.07, 6.45) is 6.80. The minimum atomic E-state index is 0. The highest BCUT2D eigenvalue weighted by molar-refractivity contribution is 14.0. The van der Waals surface area contributed by atoms with Gasteiger partial charge in [-0.15, -0.1) is 24.0 Å². The number of aromatic nitrogens is 1. The molecule has 1 heterocycles. The van der Waals surface area contributed by atoms with Gasteiger partial charge >= 0.3 is 0 Å². The first-order valence-corrected chi connectivity index (χ1v) is 10.6. The van der Waals surface area contributed by atoms with Crippen LogP contribution in [0, 0.1) is 0 Å². The Morgan fingerprint density at radius 3 is 2.67 bits per heavy atom. The van der Waals surface area contributed by atoms with Crippen LogP contribution in [-0.2, 0) is 6.54 Å². The Bertz CT molecular complexity index is 767. The number of aliphatic hydroxyl groups excluding tert-OH is 1. The second kappa shape index (κ2) is 13.4. The number of rotatable bonds is 9. The van der Waals surface area contributed by atoms with Crippen molar-refractivity contribution < 1.29 is 9.84 Å². The third kappa shape index (κ3) is 7.75. The number of benzene rings is 1. The van der Waals surface area contributed by atoms with E-state index in [1.807, 2.05) is 49.4 Å². The molecule has 1 aliphatic carbocycles. The lowest BCUT2D eigenvalue weighted by atomic mass is 10.0. The van der Waals surface area contributed by atoms with E-state index in [9.17, 15) is 5.11 Å². The van der Waals surface area contributed by atoms with E-state index in [0.29, 0.717) is 25.1 Å². The van der Waals surface area contributed by atoms with Crippen molar-refractivity contribution in [2.75, 3.05) is 19.7 Å². The summed E-state index contributed by atoms with van der Waals surface area (Å²) in [5.74, 6) is 1.44. The molecule has 0 radical (unpaired) electrons. The van der Waals surface area contributed by atoms with Crippen LogP contribution in [0.5, 0.6) is 5.88 Å². The summed E-state index contributed by atoms with van der Waals surface area (Å²) >= 11 is 0. The quantitative estimate of drug-likeness (QED) is 0.264. The van der Waals surface area contributed by atoms with Crippen molar-refractivity contribution in [2.24, 2.45) is 4.99 Å². The highest BCUT2D eigenvalue weighted by Crippen LogP contribution is 2.23. The van der Waals surface area contributed by atoms with Crippen molar-refractivity contribution >= 4 is 29.9 Å². The standard InChI is InChI=1S/C23H32N4O2.HI/c1-2-24-23(27-16-20(17-28)19-8-4-3-5-9-19)26-15-18-12-13-25-22(14-18)29-21-10-6-7-11-21;/h3-5,8-9,12-14,20-21,28H,2,6-7,10-11,15-17H2,1H3,(H2,24,26,27);1H. The molecule has 3 N–H and O–H groups in total. The van der Waals surface area contributed by atoms with Crippen molar-refractivity contribution in [2.45, 2.75) is 51.2 Å². The van der Waals surface area contributed by atoms with Crippen LogP contribution in [0.2, 0.25) is 0 Å². The van der Waals surface area contributed by atoms with Gasteiger partial charge in [0.2, 0.25) is 5.88 Å². The number of aliphatic imine (C=N–C) groups is 1. The molecule has 1 unspecified atom stereocenters. The minimum Gasteiger partial charge on any atom is -0.474 e. The highest BCUT2D eigenvalue weighted by Gasteiger charge is 2.17. The second-order valence-corrected chi connectivity index (χ2v) is 7.39. The van der Waals surface area contributed by atoms with Gasteiger partial charge in [-0.25, -0.2) is 9.98 Å². The molecule has 1 atom stereocenters. The van der Waals surface area contributed by atoms with Crippen LogP contribution in [0.3, 0.4) is 0 Å². The molecule has 0 saturated heterocycles. The van der Waals surface area contributed by atoms with Crippen molar-refractivity contribution in [3.63, 3.8) is 0 Å². The van der Waals surface area contributed by atoms with Gasteiger partial charge in [0.1, 0.15) is 6.10 Å². The first-order chi connectivity index (χ1) is 14.3. The number of hydrogen-bond acceptors (Lipinski definition) is 4. The number of guanidine groups is 1. The van der Waals surface area contributed by atoms with E-state index in [0.717, 1.165) is 36.5 Å². The van der Waals surface area contributed by atoms with Gasteiger partial charge in [0.05, 0.1) is 13.2 Å². The van der Waals surface area contributed by atoms with E-state index in [4.69, 9.17) is 4.74 Å². The first kappa shape index (κ1) is 24.4. The zero-order valence-electron chi connectivity index (χ0n) is 17.6. The summed E-state index contributed by atoms with van der Waals surface area (Å²) in [6.45, 7) is 4.04. The number of pyridine rings is 1. The molecule has 1 aromatic heterocycles. The molecule has 0 amide bonds. The summed E-state index contributed by atoms with van der Waals surface area (Å²) in [5, 5.41) is 16.4. The number of nitrogens with zero attached hydrogens (tertiary/aromatic N) is 2. The molecule has 6 nitrogen and oxygen atoms in total.